The Kier molecular flexibility index (Phi) is 6.09. The molecule has 0 aromatic carbocycles. The molecule has 1 heterocycles. The van der Waals surface area contributed by atoms with Crippen molar-refractivity contribution in [2.75, 3.05) is 26.2 Å². The second-order valence-electron chi connectivity index (χ2n) is 5.38. The molecule has 0 bridgehead atoms. The van der Waals surface area contributed by atoms with Crippen LogP contribution >= 0.6 is 0 Å². The van der Waals surface area contributed by atoms with Crippen LogP contribution < -0.4 is 5.32 Å². The number of aliphatic hydroxyl groups excluding tert-OH is 1. The van der Waals surface area contributed by atoms with E-state index >= 15 is 0 Å². The van der Waals surface area contributed by atoms with Gasteiger partial charge in [-0.1, -0.05) is 20.8 Å². The monoisotopic (exact) mass is 256 g/mol. The molecule has 1 atom stereocenters. The summed E-state index contributed by atoms with van der Waals surface area (Å²) in [5, 5.41) is 12.9. The number of likely N-dealkylation sites (N-methyl/N-ethyl adjacent to an activating group) is 1. The molecular formula is C14H28N2O2. The molecule has 2 N–H and O–H groups in total. The van der Waals surface area contributed by atoms with Crippen LogP contribution in [0.4, 0.5) is 0 Å². The SMILES string of the molecule is CCNC1CCCN(CC(CC)(CC)CO)C1=O. The van der Waals surface area contributed by atoms with Crippen LogP contribution in [-0.4, -0.2) is 48.2 Å². The molecule has 106 valence electrons. The third-order valence-electron chi connectivity index (χ3n) is 4.34. The van der Waals surface area contributed by atoms with E-state index in [-0.39, 0.29) is 24.0 Å². The van der Waals surface area contributed by atoms with Gasteiger partial charge < -0.3 is 15.3 Å². The lowest BCUT2D eigenvalue weighted by Crippen LogP contribution is -2.54. The summed E-state index contributed by atoms with van der Waals surface area (Å²) in [4.78, 5) is 14.3. The van der Waals surface area contributed by atoms with Crippen LogP contribution in [0.25, 0.3) is 0 Å². The second kappa shape index (κ2) is 7.10. The molecule has 0 aromatic heterocycles. The molecule has 1 amide bonds. The lowest BCUT2D eigenvalue weighted by molar-refractivity contribution is -0.138. The number of hydrogen-bond donors (Lipinski definition) is 2. The second-order valence-corrected chi connectivity index (χ2v) is 5.38. The summed E-state index contributed by atoms with van der Waals surface area (Å²) in [6.07, 6.45) is 3.82. The van der Waals surface area contributed by atoms with E-state index < -0.39 is 0 Å². The summed E-state index contributed by atoms with van der Waals surface area (Å²) in [6.45, 7) is 8.74. The van der Waals surface area contributed by atoms with Crippen LogP contribution in [0.5, 0.6) is 0 Å². The molecule has 18 heavy (non-hydrogen) atoms. The summed E-state index contributed by atoms with van der Waals surface area (Å²) >= 11 is 0. The van der Waals surface area contributed by atoms with E-state index in [1.54, 1.807) is 0 Å². The predicted molar refractivity (Wildman–Crippen MR) is 73.4 cm³/mol. The van der Waals surface area contributed by atoms with E-state index in [0.717, 1.165) is 38.8 Å². The number of rotatable bonds is 7. The smallest absolute Gasteiger partial charge is 0.239 e. The summed E-state index contributed by atoms with van der Waals surface area (Å²) in [7, 11) is 0. The maximum atomic E-state index is 12.3. The number of piperidine rings is 1. The molecule has 0 saturated carbocycles. The maximum Gasteiger partial charge on any atom is 0.239 e. The van der Waals surface area contributed by atoms with Crippen molar-refractivity contribution >= 4 is 5.91 Å². The number of hydrogen-bond acceptors (Lipinski definition) is 3. The van der Waals surface area contributed by atoms with Gasteiger partial charge in [0.15, 0.2) is 0 Å². The largest absolute Gasteiger partial charge is 0.396 e. The van der Waals surface area contributed by atoms with E-state index in [1.165, 1.54) is 0 Å². The lowest BCUT2D eigenvalue weighted by Gasteiger charge is -2.40. The molecule has 0 aromatic rings. The van der Waals surface area contributed by atoms with Crippen LogP contribution in [0.3, 0.4) is 0 Å². The van der Waals surface area contributed by atoms with Crippen molar-refractivity contribution in [2.24, 2.45) is 5.41 Å². The Hall–Kier alpha value is -0.610. The zero-order valence-electron chi connectivity index (χ0n) is 12.0. The molecule has 0 aliphatic carbocycles. The van der Waals surface area contributed by atoms with Gasteiger partial charge in [-0.15, -0.1) is 0 Å². The molecule has 4 nitrogen and oxygen atoms in total. The molecule has 4 heteroatoms. The van der Waals surface area contributed by atoms with Crippen LogP contribution in [0.15, 0.2) is 0 Å². The average Bonchev–Trinajstić information content (AvgIpc) is 2.41. The van der Waals surface area contributed by atoms with Crippen molar-refractivity contribution in [2.45, 2.75) is 52.5 Å². The van der Waals surface area contributed by atoms with Crippen LogP contribution in [0.1, 0.15) is 46.5 Å². The van der Waals surface area contributed by atoms with Gasteiger partial charge >= 0.3 is 0 Å². The third kappa shape index (κ3) is 3.45. The first-order valence-corrected chi connectivity index (χ1v) is 7.25. The van der Waals surface area contributed by atoms with Gasteiger partial charge in [-0.25, -0.2) is 0 Å². The van der Waals surface area contributed by atoms with Crippen molar-refractivity contribution in [1.82, 2.24) is 10.2 Å². The van der Waals surface area contributed by atoms with Crippen molar-refractivity contribution in [3.05, 3.63) is 0 Å². The van der Waals surface area contributed by atoms with Gasteiger partial charge in [0.05, 0.1) is 12.6 Å². The predicted octanol–water partition coefficient (Wildman–Crippen LogP) is 1.39. The van der Waals surface area contributed by atoms with Gasteiger partial charge in [0, 0.05) is 18.5 Å². The van der Waals surface area contributed by atoms with E-state index in [9.17, 15) is 9.90 Å². The quantitative estimate of drug-likeness (QED) is 0.723. The zero-order valence-corrected chi connectivity index (χ0v) is 12.0. The highest BCUT2D eigenvalue weighted by atomic mass is 16.3. The zero-order chi connectivity index (χ0) is 13.6. The number of nitrogens with zero attached hydrogens (tertiary/aromatic N) is 1. The number of aliphatic hydroxyl groups is 1. The fourth-order valence-corrected chi connectivity index (χ4v) is 2.69. The molecule has 1 unspecified atom stereocenters. The first kappa shape index (κ1) is 15.4. The summed E-state index contributed by atoms with van der Waals surface area (Å²) in [5.74, 6) is 0.211. The van der Waals surface area contributed by atoms with E-state index in [1.807, 2.05) is 11.8 Å². The Morgan fingerprint density at radius 1 is 1.39 bits per heavy atom. The number of carbonyl (C=O) groups is 1. The van der Waals surface area contributed by atoms with Gasteiger partial charge in [-0.3, -0.25) is 4.79 Å². The molecule has 1 fully saturated rings. The highest BCUT2D eigenvalue weighted by Crippen LogP contribution is 2.28. The summed E-state index contributed by atoms with van der Waals surface area (Å²) in [5.41, 5.74) is -0.121. The highest BCUT2D eigenvalue weighted by molar-refractivity contribution is 5.82. The molecular weight excluding hydrogens is 228 g/mol. The minimum Gasteiger partial charge on any atom is -0.396 e. The fourth-order valence-electron chi connectivity index (χ4n) is 2.69. The first-order chi connectivity index (χ1) is 8.62. The number of nitrogens with one attached hydrogen (secondary N) is 1. The van der Waals surface area contributed by atoms with E-state index in [0.29, 0.717) is 6.54 Å². The average molecular weight is 256 g/mol. The van der Waals surface area contributed by atoms with Crippen molar-refractivity contribution in [1.29, 1.82) is 0 Å². The van der Waals surface area contributed by atoms with Gasteiger partial charge in [0.2, 0.25) is 5.91 Å². The lowest BCUT2D eigenvalue weighted by atomic mass is 9.82. The fraction of sp³-hybridized carbons (Fsp3) is 0.929. The number of likely N-dealkylation sites (tertiary alicyclic amines) is 1. The van der Waals surface area contributed by atoms with Gasteiger partial charge in [-0.05, 0) is 32.2 Å². The third-order valence-corrected chi connectivity index (χ3v) is 4.34. The minimum atomic E-state index is -0.121. The molecule has 1 aliphatic heterocycles. The van der Waals surface area contributed by atoms with Crippen LogP contribution in [0.2, 0.25) is 0 Å². The molecule has 1 saturated heterocycles. The Labute approximate surface area is 111 Å². The summed E-state index contributed by atoms with van der Waals surface area (Å²) in [6, 6.07) is -0.0196. The Morgan fingerprint density at radius 2 is 2.06 bits per heavy atom. The molecule has 1 aliphatic rings. The van der Waals surface area contributed by atoms with Crippen LogP contribution in [-0.2, 0) is 4.79 Å². The number of amides is 1. The van der Waals surface area contributed by atoms with Gasteiger partial charge in [0.1, 0.15) is 0 Å². The van der Waals surface area contributed by atoms with Crippen molar-refractivity contribution < 1.29 is 9.90 Å². The topological polar surface area (TPSA) is 52.6 Å². The Balaban J connectivity index is 2.67. The molecule has 0 spiro atoms. The normalized spacial score (nSPS) is 21.4. The number of carbonyl (C=O) groups excluding carboxylic acids is 1. The maximum absolute atomic E-state index is 12.3. The highest BCUT2D eigenvalue weighted by Gasteiger charge is 2.34. The van der Waals surface area contributed by atoms with Crippen molar-refractivity contribution in [3.63, 3.8) is 0 Å². The van der Waals surface area contributed by atoms with E-state index in [4.69, 9.17) is 0 Å². The van der Waals surface area contributed by atoms with E-state index in [2.05, 4.69) is 19.2 Å². The Morgan fingerprint density at radius 3 is 2.56 bits per heavy atom. The summed E-state index contributed by atoms with van der Waals surface area (Å²) < 4.78 is 0. The first-order valence-electron chi connectivity index (χ1n) is 7.25. The minimum absolute atomic E-state index is 0.0196. The van der Waals surface area contributed by atoms with Gasteiger partial charge in [0.25, 0.3) is 0 Å². The Bertz CT molecular complexity index is 254. The van der Waals surface area contributed by atoms with Crippen LogP contribution in [0, 0.1) is 5.41 Å². The van der Waals surface area contributed by atoms with Gasteiger partial charge in [-0.2, -0.15) is 0 Å². The molecule has 1 rings (SSSR count). The van der Waals surface area contributed by atoms with Crippen molar-refractivity contribution in [3.8, 4) is 0 Å². The molecule has 0 radical (unpaired) electrons. The standard InChI is InChI=1S/C14H28N2O2/c1-4-14(5-2,11-17)10-16-9-7-8-12(13(16)18)15-6-3/h12,15,17H,4-11H2,1-3H3.